The second kappa shape index (κ2) is 8.76. The number of fused-ring (bicyclic) bond motifs is 1. The Balaban J connectivity index is 1.42. The number of nitrogens with zero attached hydrogens (tertiary/aromatic N) is 4. The van der Waals surface area contributed by atoms with Crippen molar-refractivity contribution in [2.45, 2.75) is 70.8 Å². The molecule has 1 aromatic rings. The topological polar surface area (TPSA) is 58.4 Å². The summed E-state index contributed by atoms with van der Waals surface area (Å²) in [6.07, 6.45) is 8.63. The lowest BCUT2D eigenvalue weighted by molar-refractivity contribution is -0.134. The van der Waals surface area contributed by atoms with Crippen molar-refractivity contribution in [2.75, 3.05) is 32.7 Å². The van der Waals surface area contributed by atoms with E-state index in [0.29, 0.717) is 13.1 Å². The standard InChI is InChI=1S/C22H34N4O2/c1-17-8-12-24(13-9-17)16-22(28)25-10-5-6-18(15-25)19-14-21(27)26-11-4-2-3-7-20(26)23-19/h14,17-18H,2-13,15-16H2,1H3/t18-/m0/s1. The maximum atomic E-state index is 12.9. The van der Waals surface area contributed by atoms with Gasteiger partial charge in [0, 0.05) is 38.0 Å². The molecule has 1 aromatic heterocycles. The quantitative estimate of drug-likeness (QED) is 0.800. The summed E-state index contributed by atoms with van der Waals surface area (Å²) < 4.78 is 1.86. The monoisotopic (exact) mass is 386 g/mol. The largest absolute Gasteiger partial charge is 0.341 e. The highest BCUT2D eigenvalue weighted by Crippen LogP contribution is 2.26. The molecule has 3 aliphatic heterocycles. The van der Waals surface area contributed by atoms with Crippen LogP contribution in [0.5, 0.6) is 0 Å². The lowest BCUT2D eigenvalue weighted by Crippen LogP contribution is -2.46. The number of amides is 1. The predicted octanol–water partition coefficient (Wildman–Crippen LogP) is 2.41. The average Bonchev–Trinajstić information content (AvgIpc) is 2.96. The van der Waals surface area contributed by atoms with Gasteiger partial charge in [-0.05, 0) is 57.5 Å². The molecule has 4 heterocycles. The highest BCUT2D eigenvalue weighted by Gasteiger charge is 2.28. The zero-order valence-corrected chi connectivity index (χ0v) is 17.2. The Morgan fingerprint density at radius 3 is 2.71 bits per heavy atom. The van der Waals surface area contributed by atoms with E-state index in [9.17, 15) is 9.59 Å². The number of aryl methyl sites for hydroxylation is 1. The summed E-state index contributed by atoms with van der Waals surface area (Å²) in [6, 6.07) is 1.74. The summed E-state index contributed by atoms with van der Waals surface area (Å²) in [4.78, 5) is 34.7. The summed E-state index contributed by atoms with van der Waals surface area (Å²) in [5.74, 6) is 2.17. The van der Waals surface area contributed by atoms with Gasteiger partial charge in [-0.2, -0.15) is 0 Å². The molecule has 0 spiro atoms. The van der Waals surface area contributed by atoms with E-state index < -0.39 is 0 Å². The lowest BCUT2D eigenvalue weighted by Gasteiger charge is -2.35. The molecule has 0 saturated carbocycles. The van der Waals surface area contributed by atoms with Crippen molar-refractivity contribution in [1.29, 1.82) is 0 Å². The molecule has 0 aromatic carbocycles. The van der Waals surface area contributed by atoms with E-state index in [1.54, 1.807) is 6.07 Å². The molecule has 0 unspecified atom stereocenters. The van der Waals surface area contributed by atoms with Crippen LogP contribution in [0.25, 0.3) is 0 Å². The van der Waals surface area contributed by atoms with E-state index in [1.165, 1.54) is 19.3 Å². The third kappa shape index (κ3) is 4.48. The third-order valence-electron chi connectivity index (χ3n) is 6.82. The number of carbonyl (C=O) groups is 1. The van der Waals surface area contributed by atoms with Gasteiger partial charge in [-0.25, -0.2) is 4.98 Å². The second-order valence-corrected chi connectivity index (χ2v) is 9.04. The van der Waals surface area contributed by atoms with Crippen LogP contribution in [0.15, 0.2) is 10.9 Å². The Kier molecular flexibility index (Phi) is 6.14. The number of hydrogen-bond donors (Lipinski definition) is 0. The van der Waals surface area contributed by atoms with E-state index in [0.717, 1.165) is 75.7 Å². The highest BCUT2D eigenvalue weighted by atomic mass is 16.2. The number of hydrogen-bond acceptors (Lipinski definition) is 4. The fourth-order valence-electron chi connectivity index (χ4n) is 4.90. The summed E-state index contributed by atoms with van der Waals surface area (Å²) in [6.45, 7) is 7.25. The average molecular weight is 387 g/mol. The molecule has 2 fully saturated rings. The van der Waals surface area contributed by atoms with E-state index in [1.807, 2.05) is 9.47 Å². The van der Waals surface area contributed by atoms with Crippen LogP contribution in [0.3, 0.4) is 0 Å². The predicted molar refractivity (Wildman–Crippen MR) is 109 cm³/mol. The van der Waals surface area contributed by atoms with Gasteiger partial charge in [0.15, 0.2) is 0 Å². The molecule has 0 radical (unpaired) electrons. The van der Waals surface area contributed by atoms with Gasteiger partial charge in [-0.1, -0.05) is 13.3 Å². The fourth-order valence-corrected chi connectivity index (χ4v) is 4.90. The smallest absolute Gasteiger partial charge is 0.253 e. The Bertz CT molecular complexity index is 751. The van der Waals surface area contributed by atoms with Crippen molar-refractivity contribution in [1.82, 2.24) is 19.4 Å². The molecular formula is C22H34N4O2. The first-order valence-corrected chi connectivity index (χ1v) is 11.2. The summed E-state index contributed by atoms with van der Waals surface area (Å²) >= 11 is 0. The summed E-state index contributed by atoms with van der Waals surface area (Å²) in [7, 11) is 0. The van der Waals surface area contributed by atoms with Gasteiger partial charge in [0.25, 0.3) is 5.56 Å². The van der Waals surface area contributed by atoms with E-state index in [-0.39, 0.29) is 17.4 Å². The molecule has 0 bridgehead atoms. The summed E-state index contributed by atoms with van der Waals surface area (Å²) in [5, 5.41) is 0. The second-order valence-electron chi connectivity index (χ2n) is 9.04. The maximum absolute atomic E-state index is 12.9. The first-order valence-electron chi connectivity index (χ1n) is 11.2. The first kappa shape index (κ1) is 19.6. The van der Waals surface area contributed by atoms with Crippen molar-refractivity contribution >= 4 is 5.91 Å². The van der Waals surface area contributed by atoms with Crippen LogP contribution in [-0.2, 0) is 17.8 Å². The number of piperidine rings is 2. The minimum Gasteiger partial charge on any atom is -0.341 e. The van der Waals surface area contributed by atoms with Gasteiger partial charge in [-0.3, -0.25) is 19.1 Å². The Morgan fingerprint density at radius 2 is 1.89 bits per heavy atom. The maximum Gasteiger partial charge on any atom is 0.253 e. The Morgan fingerprint density at radius 1 is 1.07 bits per heavy atom. The van der Waals surface area contributed by atoms with Crippen molar-refractivity contribution in [3.8, 4) is 0 Å². The van der Waals surface area contributed by atoms with Gasteiger partial charge >= 0.3 is 0 Å². The Labute approximate surface area is 167 Å². The molecule has 4 rings (SSSR count). The van der Waals surface area contributed by atoms with E-state index >= 15 is 0 Å². The van der Waals surface area contributed by atoms with Crippen molar-refractivity contribution < 1.29 is 4.79 Å². The molecule has 28 heavy (non-hydrogen) atoms. The summed E-state index contributed by atoms with van der Waals surface area (Å²) in [5.41, 5.74) is 0.996. The van der Waals surface area contributed by atoms with Crippen LogP contribution in [0.4, 0.5) is 0 Å². The molecule has 154 valence electrons. The first-order chi connectivity index (χ1) is 13.6. The van der Waals surface area contributed by atoms with Gasteiger partial charge in [0.05, 0.1) is 12.2 Å². The molecule has 0 aliphatic carbocycles. The minimum absolute atomic E-state index is 0.0905. The molecule has 3 aliphatic rings. The molecule has 6 nitrogen and oxygen atoms in total. The van der Waals surface area contributed by atoms with Crippen LogP contribution < -0.4 is 5.56 Å². The number of likely N-dealkylation sites (tertiary alicyclic amines) is 2. The van der Waals surface area contributed by atoms with Crippen LogP contribution in [0.1, 0.15) is 69.3 Å². The van der Waals surface area contributed by atoms with Crippen LogP contribution in [0.2, 0.25) is 0 Å². The zero-order chi connectivity index (χ0) is 19.5. The number of carbonyl (C=O) groups excluding carboxylic acids is 1. The number of aromatic nitrogens is 2. The number of rotatable bonds is 3. The fraction of sp³-hybridized carbons (Fsp3) is 0.773. The molecule has 0 N–H and O–H groups in total. The van der Waals surface area contributed by atoms with E-state index in [4.69, 9.17) is 4.98 Å². The van der Waals surface area contributed by atoms with Gasteiger partial charge in [0.1, 0.15) is 5.82 Å². The molecule has 1 atom stereocenters. The van der Waals surface area contributed by atoms with Gasteiger partial charge < -0.3 is 4.90 Å². The van der Waals surface area contributed by atoms with E-state index in [2.05, 4.69) is 11.8 Å². The van der Waals surface area contributed by atoms with Gasteiger partial charge in [0.2, 0.25) is 5.91 Å². The Hall–Kier alpha value is -1.69. The van der Waals surface area contributed by atoms with Crippen molar-refractivity contribution in [3.05, 3.63) is 27.9 Å². The van der Waals surface area contributed by atoms with Crippen LogP contribution in [0, 0.1) is 5.92 Å². The SMILES string of the molecule is CC1CCN(CC(=O)N2CCC[C@H](c3cc(=O)n4c(n3)CCCCC4)C2)CC1. The molecule has 1 amide bonds. The molecule has 6 heteroatoms. The van der Waals surface area contributed by atoms with Crippen molar-refractivity contribution in [3.63, 3.8) is 0 Å². The highest BCUT2D eigenvalue weighted by molar-refractivity contribution is 5.78. The lowest BCUT2D eigenvalue weighted by atomic mass is 9.94. The van der Waals surface area contributed by atoms with Crippen LogP contribution >= 0.6 is 0 Å². The third-order valence-corrected chi connectivity index (χ3v) is 6.82. The minimum atomic E-state index is 0.0905. The van der Waals surface area contributed by atoms with Crippen molar-refractivity contribution in [2.24, 2.45) is 5.92 Å². The van der Waals surface area contributed by atoms with Crippen LogP contribution in [-0.4, -0.2) is 58.0 Å². The molecular weight excluding hydrogens is 352 g/mol. The molecule has 2 saturated heterocycles. The zero-order valence-electron chi connectivity index (χ0n) is 17.2. The van der Waals surface area contributed by atoms with Gasteiger partial charge in [-0.15, -0.1) is 0 Å². The normalized spacial score (nSPS) is 24.6.